The number of carbonyl (C=O) groups excluding carboxylic acids is 1. The van der Waals surface area contributed by atoms with Crippen LogP contribution in [0.3, 0.4) is 0 Å². The first kappa shape index (κ1) is 15.4. The maximum absolute atomic E-state index is 12.4. The molecular formula is C18H18N2O5. The van der Waals surface area contributed by atoms with Crippen molar-refractivity contribution in [3.8, 4) is 23.0 Å². The van der Waals surface area contributed by atoms with Crippen LogP contribution >= 0.6 is 0 Å². The van der Waals surface area contributed by atoms with Crippen molar-refractivity contribution in [3.63, 3.8) is 0 Å². The summed E-state index contributed by atoms with van der Waals surface area (Å²) >= 11 is 0. The van der Waals surface area contributed by atoms with Gasteiger partial charge in [-0.1, -0.05) is 0 Å². The van der Waals surface area contributed by atoms with Gasteiger partial charge < -0.3 is 29.6 Å². The van der Waals surface area contributed by atoms with Crippen LogP contribution in [-0.4, -0.2) is 32.0 Å². The monoisotopic (exact) mass is 342 g/mol. The van der Waals surface area contributed by atoms with Crippen molar-refractivity contribution >= 4 is 17.3 Å². The summed E-state index contributed by atoms with van der Waals surface area (Å²) < 4.78 is 21.6. The van der Waals surface area contributed by atoms with E-state index in [0.717, 1.165) is 5.69 Å². The van der Waals surface area contributed by atoms with E-state index in [9.17, 15) is 4.79 Å². The molecule has 0 saturated carbocycles. The maximum atomic E-state index is 12.4. The average molecular weight is 342 g/mol. The van der Waals surface area contributed by atoms with Gasteiger partial charge in [0.15, 0.2) is 23.0 Å². The second kappa shape index (κ2) is 6.43. The van der Waals surface area contributed by atoms with E-state index >= 15 is 0 Å². The Labute approximate surface area is 144 Å². The highest BCUT2D eigenvalue weighted by atomic mass is 16.7. The number of ether oxygens (including phenoxy) is 4. The maximum Gasteiger partial charge on any atom is 0.246 e. The van der Waals surface area contributed by atoms with E-state index in [0.29, 0.717) is 41.9 Å². The standard InChI is InChI=1S/C18H18N2O5/c1-11(19-12-2-4-14-16(8-12)23-7-6-22-14)18(21)20-13-3-5-15-17(9-13)25-10-24-15/h2-5,8-9,11,19H,6-7,10H2,1H3,(H,20,21)/t11-/m0/s1. The van der Waals surface area contributed by atoms with Gasteiger partial charge in [0.05, 0.1) is 0 Å². The van der Waals surface area contributed by atoms with Gasteiger partial charge in [-0.3, -0.25) is 4.79 Å². The van der Waals surface area contributed by atoms with Crippen LogP contribution in [0.5, 0.6) is 23.0 Å². The van der Waals surface area contributed by atoms with Crippen molar-refractivity contribution in [1.82, 2.24) is 0 Å². The molecule has 0 fully saturated rings. The quantitative estimate of drug-likeness (QED) is 0.889. The van der Waals surface area contributed by atoms with E-state index < -0.39 is 6.04 Å². The molecule has 0 aliphatic carbocycles. The van der Waals surface area contributed by atoms with Crippen molar-refractivity contribution in [1.29, 1.82) is 0 Å². The zero-order chi connectivity index (χ0) is 17.2. The number of rotatable bonds is 4. The second-order valence-electron chi connectivity index (χ2n) is 5.78. The summed E-state index contributed by atoms with van der Waals surface area (Å²) in [5.74, 6) is 2.55. The Morgan fingerprint density at radius 3 is 2.32 bits per heavy atom. The first-order chi connectivity index (χ1) is 12.2. The zero-order valence-corrected chi connectivity index (χ0v) is 13.7. The van der Waals surface area contributed by atoms with Crippen LogP contribution in [0.4, 0.5) is 11.4 Å². The number of fused-ring (bicyclic) bond motifs is 2. The topological polar surface area (TPSA) is 78.1 Å². The number of nitrogens with one attached hydrogen (secondary N) is 2. The predicted molar refractivity (Wildman–Crippen MR) is 91.7 cm³/mol. The molecule has 0 radical (unpaired) electrons. The van der Waals surface area contributed by atoms with Crippen LogP contribution in [0.25, 0.3) is 0 Å². The molecule has 0 saturated heterocycles. The molecule has 4 rings (SSSR count). The van der Waals surface area contributed by atoms with Crippen molar-refractivity contribution < 1.29 is 23.7 Å². The lowest BCUT2D eigenvalue weighted by molar-refractivity contribution is -0.116. The summed E-state index contributed by atoms with van der Waals surface area (Å²) in [4.78, 5) is 12.4. The van der Waals surface area contributed by atoms with E-state index in [1.165, 1.54) is 0 Å². The molecule has 2 N–H and O–H groups in total. The lowest BCUT2D eigenvalue weighted by Crippen LogP contribution is -2.31. The van der Waals surface area contributed by atoms with Crippen LogP contribution in [0.2, 0.25) is 0 Å². The molecule has 0 spiro atoms. The molecule has 1 amide bonds. The smallest absolute Gasteiger partial charge is 0.246 e. The fourth-order valence-corrected chi connectivity index (χ4v) is 2.67. The first-order valence-corrected chi connectivity index (χ1v) is 8.06. The zero-order valence-electron chi connectivity index (χ0n) is 13.7. The molecule has 0 unspecified atom stereocenters. The van der Waals surface area contributed by atoms with Gasteiger partial charge in [0.2, 0.25) is 12.7 Å². The third-order valence-electron chi connectivity index (χ3n) is 3.96. The second-order valence-corrected chi connectivity index (χ2v) is 5.78. The van der Waals surface area contributed by atoms with Gasteiger partial charge in [0.1, 0.15) is 19.3 Å². The summed E-state index contributed by atoms with van der Waals surface area (Å²) in [5.41, 5.74) is 1.45. The number of benzene rings is 2. The molecule has 25 heavy (non-hydrogen) atoms. The minimum absolute atomic E-state index is 0.159. The van der Waals surface area contributed by atoms with Gasteiger partial charge >= 0.3 is 0 Å². The Balaban J connectivity index is 1.40. The Morgan fingerprint density at radius 1 is 0.880 bits per heavy atom. The fraction of sp³-hybridized carbons (Fsp3) is 0.278. The number of hydrogen-bond donors (Lipinski definition) is 2. The van der Waals surface area contributed by atoms with E-state index in [4.69, 9.17) is 18.9 Å². The van der Waals surface area contributed by atoms with Crippen LogP contribution in [0, 0.1) is 0 Å². The molecule has 2 heterocycles. The van der Waals surface area contributed by atoms with Crippen LogP contribution < -0.4 is 29.6 Å². The highest BCUT2D eigenvalue weighted by Gasteiger charge is 2.18. The Morgan fingerprint density at radius 2 is 1.48 bits per heavy atom. The molecule has 2 aliphatic heterocycles. The number of carbonyl (C=O) groups is 1. The minimum atomic E-state index is -0.437. The van der Waals surface area contributed by atoms with Crippen LogP contribution in [0.15, 0.2) is 36.4 Å². The summed E-state index contributed by atoms with van der Waals surface area (Å²) in [5, 5.41) is 6.02. The van der Waals surface area contributed by atoms with Crippen molar-refractivity contribution in [3.05, 3.63) is 36.4 Å². The fourth-order valence-electron chi connectivity index (χ4n) is 2.67. The highest BCUT2D eigenvalue weighted by molar-refractivity contribution is 5.96. The largest absolute Gasteiger partial charge is 0.486 e. The molecule has 0 bridgehead atoms. The Bertz CT molecular complexity index is 808. The molecule has 7 heteroatoms. The molecular weight excluding hydrogens is 324 g/mol. The lowest BCUT2D eigenvalue weighted by atomic mass is 10.2. The van der Waals surface area contributed by atoms with Gasteiger partial charge in [-0.25, -0.2) is 0 Å². The Kier molecular flexibility index (Phi) is 3.97. The molecule has 0 aromatic heterocycles. The summed E-state index contributed by atoms with van der Waals surface area (Å²) in [6, 6.07) is 10.4. The summed E-state index contributed by atoms with van der Waals surface area (Å²) in [7, 11) is 0. The molecule has 130 valence electrons. The normalized spacial score (nSPS) is 15.4. The van der Waals surface area contributed by atoms with E-state index in [-0.39, 0.29) is 12.7 Å². The van der Waals surface area contributed by atoms with Crippen LogP contribution in [0.1, 0.15) is 6.92 Å². The molecule has 2 aromatic rings. The minimum Gasteiger partial charge on any atom is -0.486 e. The number of hydrogen-bond acceptors (Lipinski definition) is 6. The van der Waals surface area contributed by atoms with E-state index in [1.54, 1.807) is 25.1 Å². The van der Waals surface area contributed by atoms with E-state index in [1.807, 2.05) is 18.2 Å². The molecule has 7 nitrogen and oxygen atoms in total. The molecule has 1 atom stereocenters. The third kappa shape index (κ3) is 3.26. The van der Waals surface area contributed by atoms with Crippen molar-refractivity contribution in [2.24, 2.45) is 0 Å². The first-order valence-electron chi connectivity index (χ1n) is 8.06. The van der Waals surface area contributed by atoms with Gasteiger partial charge in [-0.05, 0) is 31.2 Å². The predicted octanol–water partition coefficient (Wildman–Crippen LogP) is 2.63. The number of anilines is 2. The SMILES string of the molecule is C[C@H](Nc1ccc2c(c1)OCCO2)C(=O)Nc1ccc2c(c1)OCO2. The lowest BCUT2D eigenvalue weighted by Gasteiger charge is -2.20. The van der Waals surface area contributed by atoms with Crippen LogP contribution in [-0.2, 0) is 4.79 Å². The molecule has 2 aromatic carbocycles. The summed E-state index contributed by atoms with van der Waals surface area (Å²) in [6.45, 7) is 3.07. The van der Waals surface area contributed by atoms with Gasteiger partial charge in [-0.15, -0.1) is 0 Å². The average Bonchev–Trinajstić information content (AvgIpc) is 3.09. The number of amides is 1. The molecule has 2 aliphatic rings. The van der Waals surface area contributed by atoms with Gasteiger partial charge in [0.25, 0.3) is 0 Å². The highest BCUT2D eigenvalue weighted by Crippen LogP contribution is 2.34. The van der Waals surface area contributed by atoms with Gasteiger partial charge in [0, 0.05) is 23.5 Å². The van der Waals surface area contributed by atoms with E-state index in [2.05, 4.69) is 10.6 Å². The van der Waals surface area contributed by atoms with Gasteiger partial charge in [-0.2, -0.15) is 0 Å². The third-order valence-corrected chi connectivity index (χ3v) is 3.96. The van der Waals surface area contributed by atoms with Crippen molar-refractivity contribution in [2.45, 2.75) is 13.0 Å². The Hall–Kier alpha value is -3.09. The summed E-state index contributed by atoms with van der Waals surface area (Å²) in [6.07, 6.45) is 0. The van der Waals surface area contributed by atoms with Crippen molar-refractivity contribution in [2.75, 3.05) is 30.6 Å².